The average Bonchev–Trinajstić information content (AvgIpc) is 2.88. The molecule has 9 nitrogen and oxygen atoms in total. The number of nitriles is 1. The van der Waals surface area contributed by atoms with Gasteiger partial charge in [-0.25, -0.2) is 9.82 Å². The van der Waals surface area contributed by atoms with E-state index in [-0.39, 0.29) is 23.4 Å². The molecule has 188 valence electrons. The molecule has 0 aromatic heterocycles. The van der Waals surface area contributed by atoms with Crippen LogP contribution in [0.5, 0.6) is 11.5 Å². The molecule has 0 radical (unpaired) electrons. The van der Waals surface area contributed by atoms with Crippen molar-refractivity contribution in [2.24, 2.45) is 5.10 Å². The maximum atomic E-state index is 14.1. The van der Waals surface area contributed by atoms with Crippen LogP contribution in [0.2, 0.25) is 0 Å². The van der Waals surface area contributed by atoms with Crippen LogP contribution < -0.4 is 14.9 Å². The van der Waals surface area contributed by atoms with Gasteiger partial charge in [0.05, 0.1) is 34.9 Å². The van der Waals surface area contributed by atoms with Crippen LogP contribution in [0.15, 0.2) is 72.4 Å². The number of non-ortho nitro benzene ring substituents is 1. The predicted molar refractivity (Wildman–Crippen MR) is 135 cm³/mol. The summed E-state index contributed by atoms with van der Waals surface area (Å²) in [7, 11) is 0. The number of nitro benzene ring substituents is 1. The fourth-order valence-electron chi connectivity index (χ4n) is 3.40. The van der Waals surface area contributed by atoms with Crippen LogP contribution in [0, 0.1) is 27.3 Å². The highest BCUT2D eigenvalue weighted by Crippen LogP contribution is 2.34. The van der Waals surface area contributed by atoms with Crippen molar-refractivity contribution in [2.45, 2.75) is 20.0 Å². The number of carbonyl (C=O) groups is 1. The summed E-state index contributed by atoms with van der Waals surface area (Å²) in [6, 6.07) is 14.9. The van der Waals surface area contributed by atoms with Crippen molar-refractivity contribution in [1.29, 1.82) is 5.26 Å². The molecule has 3 rings (SSSR count). The van der Waals surface area contributed by atoms with Gasteiger partial charge in [0.2, 0.25) is 0 Å². The first-order valence-electron chi connectivity index (χ1n) is 11.2. The van der Waals surface area contributed by atoms with E-state index in [0.717, 1.165) is 11.6 Å². The summed E-state index contributed by atoms with van der Waals surface area (Å²) < 4.78 is 25.8. The van der Waals surface area contributed by atoms with Gasteiger partial charge in [-0.1, -0.05) is 18.2 Å². The largest absolute Gasteiger partial charge is 0.490 e. The van der Waals surface area contributed by atoms with E-state index in [1.54, 1.807) is 36.4 Å². The van der Waals surface area contributed by atoms with Crippen molar-refractivity contribution >= 4 is 17.8 Å². The normalized spacial score (nSPS) is 10.5. The molecule has 0 bridgehead atoms. The maximum Gasteiger partial charge on any atom is 0.274 e. The maximum absolute atomic E-state index is 14.1. The summed E-state index contributed by atoms with van der Waals surface area (Å²) in [5, 5.41) is 23.8. The quantitative estimate of drug-likeness (QED) is 0.169. The number of carbonyl (C=O) groups excluding carboxylic acids is 1. The Kier molecular flexibility index (Phi) is 9.05. The van der Waals surface area contributed by atoms with Gasteiger partial charge in [0, 0.05) is 17.7 Å². The second kappa shape index (κ2) is 12.6. The second-order valence-corrected chi connectivity index (χ2v) is 7.65. The van der Waals surface area contributed by atoms with Crippen molar-refractivity contribution < 1.29 is 23.6 Å². The average molecular weight is 503 g/mol. The number of nitrogens with zero attached hydrogens (tertiary/aromatic N) is 3. The van der Waals surface area contributed by atoms with Crippen LogP contribution in [0.1, 0.15) is 39.5 Å². The lowest BCUT2D eigenvalue weighted by atomic mass is 10.1. The number of amides is 1. The molecule has 3 aromatic rings. The van der Waals surface area contributed by atoms with Gasteiger partial charge in [0.25, 0.3) is 11.6 Å². The Morgan fingerprint density at radius 1 is 1.24 bits per heavy atom. The standard InChI is InChI=1S/C27H23FN4O5/c1-3-6-21-11-20(16-30-31-27(33)23-10-9-18(15-29)13-24(23)28)14-25(36-4-2)26(21)37-17-19-7-5-8-22(12-19)32(34)35/h3,5,7-14,16H,1,4,6,17H2,2H3,(H,31,33)/b30-16-. The smallest absolute Gasteiger partial charge is 0.274 e. The number of hydrazone groups is 1. The molecule has 10 heteroatoms. The van der Waals surface area contributed by atoms with Crippen LogP contribution in [0.4, 0.5) is 10.1 Å². The van der Waals surface area contributed by atoms with Gasteiger partial charge in [-0.05, 0) is 54.8 Å². The molecule has 0 aliphatic rings. The van der Waals surface area contributed by atoms with E-state index in [9.17, 15) is 19.3 Å². The Morgan fingerprint density at radius 3 is 2.73 bits per heavy atom. The Hall–Kier alpha value is -5.04. The molecule has 0 atom stereocenters. The Bertz CT molecular complexity index is 1400. The minimum atomic E-state index is -0.830. The van der Waals surface area contributed by atoms with E-state index in [2.05, 4.69) is 17.1 Å². The zero-order valence-corrected chi connectivity index (χ0v) is 19.9. The Morgan fingerprint density at radius 2 is 2.05 bits per heavy atom. The molecule has 0 fully saturated rings. The first kappa shape index (κ1) is 26.6. The molecule has 0 aliphatic heterocycles. The molecule has 1 N–H and O–H groups in total. The number of benzene rings is 3. The number of halogens is 1. The fraction of sp³-hybridized carbons (Fsp3) is 0.148. The van der Waals surface area contributed by atoms with E-state index in [0.29, 0.717) is 35.7 Å². The molecule has 0 saturated heterocycles. The third-order valence-electron chi connectivity index (χ3n) is 5.05. The third-order valence-corrected chi connectivity index (χ3v) is 5.05. The molecule has 0 aliphatic carbocycles. The fourth-order valence-corrected chi connectivity index (χ4v) is 3.40. The van der Waals surface area contributed by atoms with Gasteiger partial charge < -0.3 is 9.47 Å². The molecule has 0 saturated carbocycles. The van der Waals surface area contributed by atoms with Crippen molar-refractivity contribution in [3.05, 3.63) is 111 Å². The number of hydrogen-bond acceptors (Lipinski definition) is 7. The lowest BCUT2D eigenvalue weighted by Gasteiger charge is -2.16. The number of allylic oxidation sites excluding steroid dienone is 1. The summed E-state index contributed by atoms with van der Waals surface area (Å²) >= 11 is 0. The monoisotopic (exact) mass is 502 g/mol. The molecule has 0 heterocycles. The van der Waals surface area contributed by atoms with E-state index in [4.69, 9.17) is 14.7 Å². The van der Waals surface area contributed by atoms with Gasteiger partial charge in [-0.15, -0.1) is 6.58 Å². The highest BCUT2D eigenvalue weighted by atomic mass is 19.1. The number of nitrogens with one attached hydrogen (secondary N) is 1. The van der Waals surface area contributed by atoms with Crippen molar-refractivity contribution in [2.75, 3.05) is 6.61 Å². The van der Waals surface area contributed by atoms with Gasteiger partial charge >= 0.3 is 0 Å². The lowest BCUT2D eigenvalue weighted by Crippen LogP contribution is -2.19. The van der Waals surface area contributed by atoms with Crippen LogP contribution in [-0.4, -0.2) is 23.7 Å². The summed E-state index contributed by atoms with van der Waals surface area (Å²) in [6.07, 6.45) is 3.48. The summed E-state index contributed by atoms with van der Waals surface area (Å²) in [6.45, 7) is 6.00. The topological polar surface area (TPSA) is 127 Å². The van der Waals surface area contributed by atoms with Crippen molar-refractivity contribution in [3.63, 3.8) is 0 Å². The number of rotatable bonds is 11. The lowest BCUT2D eigenvalue weighted by molar-refractivity contribution is -0.384. The highest BCUT2D eigenvalue weighted by molar-refractivity contribution is 5.95. The van der Waals surface area contributed by atoms with E-state index >= 15 is 0 Å². The predicted octanol–water partition coefficient (Wildman–Crippen LogP) is 5.08. The van der Waals surface area contributed by atoms with Gasteiger partial charge in [0.1, 0.15) is 12.4 Å². The van der Waals surface area contributed by atoms with Gasteiger partial charge in [-0.2, -0.15) is 10.4 Å². The van der Waals surface area contributed by atoms with E-state index < -0.39 is 16.6 Å². The molecule has 0 spiro atoms. The Labute approximate surface area is 212 Å². The summed E-state index contributed by atoms with van der Waals surface area (Å²) in [4.78, 5) is 22.9. The second-order valence-electron chi connectivity index (χ2n) is 7.65. The third kappa shape index (κ3) is 6.99. The van der Waals surface area contributed by atoms with Crippen LogP contribution >= 0.6 is 0 Å². The van der Waals surface area contributed by atoms with Gasteiger partial charge in [0.15, 0.2) is 11.5 Å². The first-order chi connectivity index (χ1) is 17.9. The zero-order valence-electron chi connectivity index (χ0n) is 19.9. The van der Waals surface area contributed by atoms with Crippen molar-refractivity contribution in [1.82, 2.24) is 5.43 Å². The number of nitro groups is 1. The molecule has 3 aromatic carbocycles. The van der Waals surface area contributed by atoms with E-state index in [1.165, 1.54) is 30.5 Å². The molecular weight excluding hydrogens is 479 g/mol. The molecular formula is C27H23FN4O5. The Balaban J connectivity index is 1.82. The summed E-state index contributed by atoms with van der Waals surface area (Å²) in [5.41, 5.74) is 3.99. The number of ether oxygens (including phenoxy) is 2. The van der Waals surface area contributed by atoms with Crippen LogP contribution in [0.25, 0.3) is 0 Å². The minimum Gasteiger partial charge on any atom is -0.490 e. The molecule has 1 amide bonds. The van der Waals surface area contributed by atoms with Crippen LogP contribution in [-0.2, 0) is 13.0 Å². The zero-order chi connectivity index (χ0) is 26.8. The molecule has 0 unspecified atom stereocenters. The van der Waals surface area contributed by atoms with Crippen molar-refractivity contribution in [3.8, 4) is 17.6 Å². The number of hydrogen-bond donors (Lipinski definition) is 1. The highest BCUT2D eigenvalue weighted by Gasteiger charge is 2.15. The van der Waals surface area contributed by atoms with E-state index in [1.807, 2.05) is 6.92 Å². The molecule has 37 heavy (non-hydrogen) atoms. The minimum absolute atomic E-state index is 0.0352. The first-order valence-corrected chi connectivity index (χ1v) is 11.2. The summed E-state index contributed by atoms with van der Waals surface area (Å²) in [5.74, 6) is -0.734. The SMILES string of the molecule is C=CCc1cc(/C=N\NC(=O)c2ccc(C#N)cc2F)cc(OCC)c1OCc1cccc([N+](=O)[O-])c1. The van der Waals surface area contributed by atoms with Gasteiger partial charge in [-0.3, -0.25) is 14.9 Å². The van der Waals surface area contributed by atoms with Crippen LogP contribution in [0.3, 0.4) is 0 Å².